The molecular weight excluding hydrogens is 416 g/mol. The number of halogens is 1. The SMILES string of the molecule is COc1cc(C(=O)OCC(=O)N(C)C(C)C)ccc1Oc1ccc(Cl)cc1[N+](=O)[O-]. The van der Waals surface area contributed by atoms with Gasteiger partial charge in [-0.15, -0.1) is 0 Å². The quantitative estimate of drug-likeness (QED) is 0.348. The highest BCUT2D eigenvalue weighted by molar-refractivity contribution is 6.30. The lowest BCUT2D eigenvalue weighted by Crippen LogP contribution is -2.36. The highest BCUT2D eigenvalue weighted by atomic mass is 35.5. The zero-order valence-electron chi connectivity index (χ0n) is 16.9. The molecule has 0 N–H and O–H groups in total. The number of hydrogen-bond donors (Lipinski definition) is 0. The van der Waals surface area contributed by atoms with Gasteiger partial charge in [0.25, 0.3) is 5.91 Å². The molecule has 2 rings (SSSR count). The summed E-state index contributed by atoms with van der Waals surface area (Å²) in [5.74, 6) is -0.794. The van der Waals surface area contributed by atoms with E-state index in [0.717, 1.165) is 0 Å². The molecule has 0 bridgehead atoms. The number of benzene rings is 2. The minimum absolute atomic E-state index is 0.0235. The van der Waals surface area contributed by atoms with E-state index in [9.17, 15) is 19.7 Å². The number of nitrogens with zero attached hydrogens (tertiary/aromatic N) is 2. The summed E-state index contributed by atoms with van der Waals surface area (Å²) in [6.45, 7) is 3.29. The first kappa shape index (κ1) is 23.0. The highest BCUT2D eigenvalue weighted by Gasteiger charge is 2.20. The number of methoxy groups -OCH3 is 1. The van der Waals surface area contributed by atoms with Gasteiger partial charge in [-0.1, -0.05) is 11.6 Å². The number of esters is 1. The maximum Gasteiger partial charge on any atom is 0.338 e. The van der Waals surface area contributed by atoms with Crippen molar-refractivity contribution in [2.24, 2.45) is 0 Å². The maximum atomic E-state index is 12.3. The predicted octanol–water partition coefficient (Wildman–Crippen LogP) is 4.07. The first-order valence-corrected chi connectivity index (χ1v) is 9.24. The lowest BCUT2D eigenvalue weighted by atomic mass is 10.2. The van der Waals surface area contributed by atoms with Gasteiger partial charge in [-0.2, -0.15) is 0 Å². The third-order valence-corrected chi connectivity index (χ3v) is 4.47. The molecule has 0 heterocycles. The Bertz CT molecular complexity index is 962. The minimum Gasteiger partial charge on any atom is -0.493 e. The van der Waals surface area contributed by atoms with E-state index in [0.29, 0.717) is 0 Å². The Morgan fingerprint density at radius 1 is 1.13 bits per heavy atom. The Labute approximate surface area is 178 Å². The molecule has 160 valence electrons. The molecule has 0 aliphatic rings. The fourth-order valence-electron chi connectivity index (χ4n) is 2.32. The van der Waals surface area contributed by atoms with Crippen LogP contribution in [0.1, 0.15) is 24.2 Å². The van der Waals surface area contributed by atoms with Crippen LogP contribution in [-0.2, 0) is 9.53 Å². The van der Waals surface area contributed by atoms with Crippen LogP contribution in [0.2, 0.25) is 5.02 Å². The summed E-state index contributed by atoms with van der Waals surface area (Å²) >= 11 is 5.80. The molecule has 0 fully saturated rings. The molecule has 0 aliphatic carbocycles. The van der Waals surface area contributed by atoms with Crippen LogP contribution in [0, 0.1) is 10.1 Å². The second kappa shape index (κ2) is 9.93. The molecule has 0 saturated carbocycles. The molecule has 0 spiro atoms. The van der Waals surface area contributed by atoms with Gasteiger partial charge in [-0.3, -0.25) is 14.9 Å². The lowest BCUT2D eigenvalue weighted by molar-refractivity contribution is -0.385. The Kier molecular flexibility index (Phi) is 7.60. The van der Waals surface area contributed by atoms with E-state index in [1.54, 1.807) is 7.05 Å². The van der Waals surface area contributed by atoms with E-state index in [-0.39, 0.29) is 45.5 Å². The Morgan fingerprint density at radius 2 is 1.80 bits per heavy atom. The topological polar surface area (TPSA) is 108 Å². The summed E-state index contributed by atoms with van der Waals surface area (Å²) in [5, 5.41) is 11.4. The fourth-order valence-corrected chi connectivity index (χ4v) is 2.48. The van der Waals surface area contributed by atoms with Crippen molar-refractivity contribution in [3.8, 4) is 17.2 Å². The number of nitro benzene ring substituents is 1. The van der Waals surface area contributed by atoms with Gasteiger partial charge < -0.3 is 19.1 Å². The van der Waals surface area contributed by atoms with Crippen molar-refractivity contribution in [1.29, 1.82) is 0 Å². The van der Waals surface area contributed by atoms with Gasteiger partial charge in [-0.05, 0) is 44.2 Å². The third kappa shape index (κ3) is 5.60. The Balaban J connectivity index is 2.18. The van der Waals surface area contributed by atoms with E-state index in [4.69, 9.17) is 25.8 Å². The number of nitro groups is 1. The van der Waals surface area contributed by atoms with Crippen molar-refractivity contribution in [3.05, 3.63) is 57.1 Å². The monoisotopic (exact) mass is 436 g/mol. The van der Waals surface area contributed by atoms with Crippen LogP contribution in [0.3, 0.4) is 0 Å². The second-order valence-electron chi connectivity index (χ2n) is 6.51. The number of carbonyl (C=O) groups is 2. The predicted molar refractivity (Wildman–Crippen MR) is 109 cm³/mol. The summed E-state index contributed by atoms with van der Waals surface area (Å²) in [6.07, 6.45) is 0. The van der Waals surface area contributed by atoms with Crippen LogP contribution in [0.5, 0.6) is 17.2 Å². The molecule has 0 saturated heterocycles. The largest absolute Gasteiger partial charge is 0.493 e. The average molecular weight is 437 g/mol. The maximum absolute atomic E-state index is 12.3. The molecule has 0 atom stereocenters. The molecular formula is C20H21ClN2O7. The summed E-state index contributed by atoms with van der Waals surface area (Å²) in [4.78, 5) is 36.3. The van der Waals surface area contributed by atoms with Gasteiger partial charge in [-0.25, -0.2) is 4.79 Å². The van der Waals surface area contributed by atoms with Crippen LogP contribution in [0.15, 0.2) is 36.4 Å². The number of amides is 1. The number of hydrogen-bond acceptors (Lipinski definition) is 7. The van der Waals surface area contributed by atoms with Crippen molar-refractivity contribution < 1.29 is 28.7 Å². The zero-order valence-corrected chi connectivity index (χ0v) is 17.6. The van der Waals surface area contributed by atoms with E-state index in [2.05, 4.69) is 0 Å². The van der Waals surface area contributed by atoms with Crippen LogP contribution in [0.25, 0.3) is 0 Å². The number of carbonyl (C=O) groups excluding carboxylic acids is 2. The summed E-state index contributed by atoms with van der Waals surface area (Å²) in [7, 11) is 2.97. The number of rotatable bonds is 8. The fraction of sp³-hybridized carbons (Fsp3) is 0.300. The molecule has 9 nitrogen and oxygen atoms in total. The van der Waals surface area contributed by atoms with Crippen LogP contribution < -0.4 is 9.47 Å². The van der Waals surface area contributed by atoms with Crippen LogP contribution in [-0.4, -0.2) is 48.5 Å². The summed E-state index contributed by atoms with van der Waals surface area (Å²) < 4.78 is 15.9. The van der Waals surface area contributed by atoms with Crippen molar-refractivity contribution in [2.75, 3.05) is 20.8 Å². The normalized spacial score (nSPS) is 10.5. The number of likely N-dealkylation sites (N-methyl/N-ethyl adjacent to an activating group) is 1. The molecule has 10 heteroatoms. The smallest absolute Gasteiger partial charge is 0.338 e. The summed E-state index contributed by atoms with van der Waals surface area (Å²) in [5.41, 5.74) is -0.189. The van der Waals surface area contributed by atoms with E-state index in [1.165, 1.54) is 48.4 Å². The van der Waals surface area contributed by atoms with Crippen molar-refractivity contribution in [3.63, 3.8) is 0 Å². The minimum atomic E-state index is -0.720. The van der Waals surface area contributed by atoms with Gasteiger partial charge in [0, 0.05) is 24.2 Å². The van der Waals surface area contributed by atoms with E-state index in [1.807, 2.05) is 13.8 Å². The average Bonchev–Trinajstić information content (AvgIpc) is 2.72. The standard InChI is InChI=1S/C20H21ClN2O7/c1-12(2)22(3)19(24)11-29-20(25)13-5-7-17(18(9-13)28-4)30-16-8-6-14(21)10-15(16)23(26)27/h5-10,12H,11H2,1-4H3. The third-order valence-electron chi connectivity index (χ3n) is 4.23. The van der Waals surface area contributed by atoms with Crippen molar-refractivity contribution in [2.45, 2.75) is 19.9 Å². The van der Waals surface area contributed by atoms with E-state index >= 15 is 0 Å². The lowest BCUT2D eigenvalue weighted by Gasteiger charge is -2.21. The molecule has 0 unspecified atom stereocenters. The molecule has 0 aliphatic heterocycles. The Morgan fingerprint density at radius 3 is 2.40 bits per heavy atom. The molecule has 0 radical (unpaired) electrons. The van der Waals surface area contributed by atoms with Gasteiger partial charge >= 0.3 is 11.7 Å². The number of ether oxygens (including phenoxy) is 3. The molecule has 2 aromatic rings. The van der Waals surface area contributed by atoms with Crippen LogP contribution in [0.4, 0.5) is 5.69 Å². The Hall–Kier alpha value is -3.33. The second-order valence-corrected chi connectivity index (χ2v) is 6.95. The van der Waals surface area contributed by atoms with Gasteiger partial charge in [0.15, 0.2) is 18.1 Å². The van der Waals surface area contributed by atoms with Crippen LogP contribution >= 0.6 is 11.6 Å². The molecule has 30 heavy (non-hydrogen) atoms. The molecule has 1 amide bonds. The first-order valence-electron chi connectivity index (χ1n) is 8.86. The molecule has 2 aromatic carbocycles. The van der Waals surface area contributed by atoms with Gasteiger partial charge in [0.2, 0.25) is 5.75 Å². The molecule has 0 aromatic heterocycles. The van der Waals surface area contributed by atoms with Gasteiger partial charge in [0.1, 0.15) is 0 Å². The van der Waals surface area contributed by atoms with Crippen molar-refractivity contribution >= 4 is 29.2 Å². The summed E-state index contributed by atoms with van der Waals surface area (Å²) in [6, 6.07) is 8.13. The van der Waals surface area contributed by atoms with Gasteiger partial charge in [0.05, 0.1) is 17.6 Å². The van der Waals surface area contributed by atoms with E-state index < -0.39 is 17.5 Å². The van der Waals surface area contributed by atoms with Crippen molar-refractivity contribution in [1.82, 2.24) is 4.90 Å². The zero-order chi connectivity index (χ0) is 22.4. The first-order chi connectivity index (χ1) is 14.1. The highest BCUT2D eigenvalue weighted by Crippen LogP contribution is 2.37.